The Kier molecular flexibility index (Phi) is 5.19. The number of fused-ring (bicyclic) bond motifs is 2. The number of carbonyl (C=O) groups is 1. The van der Waals surface area contributed by atoms with Crippen molar-refractivity contribution in [1.82, 2.24) is 4.98 Å². The lowest BCUT2D eigenvalue weighted by atomic mass is 10.0. The quantitative estimate of drug-likeness (QED) is 0.275. The average Bonchev–Trinajstić information content (AvgIpc) is 3.52. The summed E-state index contributed by atoms with van der Waals surface area (Å²) in [7, 11) is 0. The topological polar surface area (TPSA) is 112 Å². The van der Waals surface area contributed by atoms with Crippen LogP contribution in [0.2, 0.25) is 0 Å². The first-order valence-electron chi connectivity index (χ1n) is 11.4. The molecule has 1 aliphatic heterocycles. The second-order valence-electron chi connectivity index (χ2n) is 8.50. The number of hydrogen-bond acceptors (Lipinski definition) is 6. The standard InChI is InChI=1S/C28H22N4O4/c1-16-3-2-4-20(11-16)32-28(33)31-19-8-5-17(6-9-19)22-14-34-26-21(13-30-27(29)25(22)26)18-7-10-23-24(12-18)36-15-35-23/h2-14H,15H2,1H3,(H2,29,30)(H2,31,32,33). The molecule has 2 aromatic heterocycles. The molecule has 0 unspecified atom stereocenters. The molecular weight excluding hydrogens is 456 g/mol. The zero-order chi connectivity index (χ0) is 24.6. The first-order chi connectivity index (χ1) is 17.5. The lowest BCUT2D eigenvalue weighted by Gasteiger charge is -2.09. The smallest absolute Gasteiger partial charge is 0.323 e. The van der Waals surface area contributed by atoms with Crippen LogP contribution in [0.5, 0.6) is 11.5 Å². The molecule has 36 heavy (non-hydrogen) atoms. The molecule has 4 N–H and O–H groups in total. The number of nitrogens with two attached hydrogens (primary N) is 1. The van der Waals surface area contributed by atoms with Gasteiger partial charge in [-0.3, -0.25) is 0 Å². The van der Waals surface area contributed by atoms with Crippen LogP contribution >= 0.6 is 0 Å². The fraction of sp³-hybridized carbons (Fsp3) is 0.0714. The van der Waals surface area contributed by atoms with E-state index in [1.165, 1.54) is 0 Å². The molecule has 0 radical (unpaired) electrons. The molecule has 0 saturated carbocycles. The summed E-state index contributed by atoms with van der Waals surface area (Å²) in [6.07, 6.45) is 3.37. The SMILES string of the molecule is Cc1cccc(NC(=O)Nc2ccc(-c3coc4c(-c5ccc6c(c5)OCO6)cnc(N)c34)cc2)c1. The number of ether oxygens (including phenoxy) is 2. The van der Waals surface area contributed by atoms with E-state index in [1.807, 2.05) is 73.7 Å². The van der Waals surface area contributed by atoms with Crippen LogP contribution in [0.4, 0.5) is 22.0 Å². The van der Waals surface area contributed by atoms with Gasteiger partial charge >= 0.3 is 6.03 Å². The van der Waals surface area contributed by atoms with Crippen LogP contribution < -0.4 is 25.8 Å². The number of nitrogens with one attached hydrogen (secondary N) is 2. The van der Waals surface area contributed by atoms with Crippen LogP contribution in [0.25, 0.3) is 33.2 Å². The monoisotopic (exact) mass is 478 g/mol. The van der Waals surface area contributed by atoms with Gasteiger partial charge in [-0.1, -0.05) is 30.3 Å². The minimum absolute atomic E-state index is 0.206. The maximum Gasteiger partial charge on any atom is 0.323 e. The number of aryl methyl sites for hydroxylation is 1. The number of amides is 2. The molecule has 8 nitrogen and oxygen atoms in total. The van der Waals surface area contributed by atoms with Crippen molar-refractivity contribution in [3.8, 4) is 33.8 Å². The predicted octanol–water partition coefficient (Wildman–Crippen LogP) is 6.43. The molecule has 3 aromatic carbocycles. The van der Waals surface area contributed by atoms with Crippen molar-refractivity contribution in [2.75, 3.05) is 23.2 Å². The van der Waals surface area contributed by atoms with Crippen LogP contribution in [0, 0.1) is 6.92 Å². The van der Waals surface area contributed by atoms with Gasteiger partial charge in [0.15, 0.2) is 11.5 Å². The minimum atomic E-state index is -0.316. The number of pyridine rings is 1. The number of aromatic nitrogens is 1. The number of carbonyl (C=O) groups excluding carboxylic acids is 1. The summed E-state index contributed by atoms with van der Waals surface area (Å²) in [4.78, 5) is 16.8. The van der Waals surface area contributed by atoms with E-state index in [0.29, 0.717) is 28.6 Å². The Morgan fingerprint density at radius 2 is 1.67 bits per heavy atom. The highest BCUT2D eigenvalue weighted by Crippen LogP contribution is 2.41. The lowest BCUT2D eigenvalue weighted by Crippen LogP contribution is -2.19. The molecule has 2 amide bonds. The van der Waals surface area contributed by atoms with E-state index in [-0.39, 0.29) is 12.8 Å². The van der Waals surface area contributed by atoms with Crippen LogP contribution in [-0.2, 0) is 0 Å². The van der Waals surface area contributed by atoms with Gasteiger partial charge in [-0.25, -0.2) is 9.78 Å². The number of urea groups is 1. The molecule has 0 atom stereocenters. The van der Waals surface area contributed by atoms with E-state index in [4.69, 9.17) is 19.6 Å². The highest BCUT2D eigenvalue weighted by atomic mass is 16.7. The van der Waals surface area contributed by atoms with Crippen molar-refractivity contribution in [2.24, 2.45) is 0 Å². The number of nitrogen functional groups attached to an aromatic ring is 1. The van der Waals surface area contributed by atoms with Gasteiger partial charge in [-0.2, -0.15) is 0 Å². The molecule has 1 aliphatic rings. The maximum absolute atomic E-state index is 12.4. The third-order valence-electron chi connectivity index (χ3n) is 6.04. The van der Waals surface area contributed by atoms with Gasteiger partial charge in [-0.15, -0.1) is 0 Å². The number of furan rings is 1. The number of hydrogen-bond donors (Lipinski definition) is 3. The molecule has 0 fully saturated rings. The molecule has 0 saturated heterocycles. The van der Waals surface area contributed by atoms with E-state index in [0.717, 1.165) is 38.9 Å². The molecular formula is C28H22N4O4. The summed E-state index contributed by atoms with van der Waals surface area (Å²) >= 11 is 0. The van der Waals surface area contributed by atoms with Gasteiger partial charge in [0.05, 0.1) is 11.6 Å². The Morgan fingerprint density at radius 1 is 0.889 bits per heavy atom. The lowest BCUT2D eigenvalue weighted by molar-refractivity contribution is 0.174. The normalized spacial score (nSPS) is 12.0. The van der Waals surface area contributed by atoms with Crippen molar-refractivity contribution in [2.45, 2.75) is 6.92 Å². The molecule has 5 aromatic rings. The highest BCUT2D eigenvalue weighted by Gasteiger charge is 2.19. The Morgan fingerprint density at radius 3 is 2.50 bits per heavy atom. The van der Waals surface area contributed by atoms with Crippen LogP contribution in [0.1, 0.15) is 5.56 Å². The Labute approximate surface area is 206 Å². The molecule has 8 heteroatoms. The third-order valence-corrected chi connectivity index (χ3v) is 6.04. The van der Waals surface area contributed by atoms with E-state index in [9.17, 15) is 4.79 Å². The number of benzene rings is 3. The Bertz CT molecular complexity index is 1610. The van der Waals surface area contributed by atoms with Gasteiger partial charge in [0.25, 0.3) is 0 Å². The van der Waals surface area contributed by atoms with Crippen molar-refractivity contribution in [3.05, 3.63) is 84.8 Å². The molecule has 0 bridgehead atoms. The second-order valence-corrected chi connectivity index (χ2v) is 8.50. The summed E-state index contributed by atoms with van der Waals surface area (Å²) in [6, 6.07) is 20.5. The molecule has 6 rings (SSSR count). The van der Waals surface area contributed by atoms with Crippen molar-refractivity contribution in [1.29, 1.82) is 0 Å². The summed E-state index contributed by atoms with van der Waals surface area (Å²) in [5.41, 5.74) is 12.8. The average molecular weight is 479 g/mol. The maximum atomic E-state index is 12.4. The van der Waals surface area contributed by atoms with Crippen LogP contribution in [0.3, 0.4) is 0 Å². The van der Waals surface area contributed by atoms with Crippen LogP contribution in [-0.4, -0.2) is 17.8 Å². The first kappa shape index (κ1) is 21.5. The van der Waals surface area contributed by atoms with Gasteiger partial charge < -0.3 is 30.3 Å². The Hall–Kier alpha value is -4.98. The minimum Gasteiger partial charge on any atom is -0.463 e. The molecule has 0 aliphatic carbocycles. The van der Waals surface area contributed by atoms with Gasteiger partial charge in [0.2, 0.25) is 6.79 Å². The summed E-state index contributed by atoms with van der Waals surface area (Å²) in [5, 5.41) is 6.41. The van der Waals surface area contributed by atoms with Crippen molar-refractivity contribution >= 4 is 34.2 Å². The largest absolute Gasteiger partial charge is 0.463 e. The zero-order valence-electron chi connectivity index (χ0n) is 19.4. The second kappa shape index (κ2) is 8.66. The summed E-state index contributed by atoms with van der Waals surface area (Å²) in [6.45, 7) is 2.18. The van der Waals surface area contributed by atoms with E-state index in [1.54, 1.807) is 12.5 Å². The molecule has 178 valence electrons. The summed E-state index contributed by atoms with van der Waals surface area (Å²) < 4.78 is 16.9. The summed E-state index contributed by atoms with van der Waals surface area (Å²) in [5.74, 6) is 1.76. The molecule has 0 spiro atoms. The predicted molar refractivity (Wildman–Crippen MR) is 139 cm³/mol. The van der Waals surface area contributed by atoms with Gasteiger partial charge in [-0.05, 0) is 60.0 Å². The van der Waals surface area contributed by atoms with E-state index >= 15 is 0 Å². The number of nitrogens with zero attached hydrogens (tertiary/aromatic N) is 1. The fourth-order valence-electron chi connectivity index (χ4n) is 4.30. The third kappa shape index (κ3) is 3.94. The van der Waals surface area contributed by atoms with Crippen molar-refractivity contribution in [3.63, 3.8) is 0 Å². The van der Waals surface area contributed by atoms with Gasteiger partial charge in [0.1, 0.15) is 11.4 Å². The van der Waals surface area contributed by atoms with Gasteiger partial charge in [0, 0.05) is 28.7 Å². The molecule has 3 heterocycles. The van der Waals surface area contributed by atoms with E-state index < -0.39 is 0 Å². The highest BCUT2D eigenvalue weighted by molar-refractivity contribution is 6.07. The fourth-order valence-corrected chi connectivity index (χ4v) is 4.30. The van der Waals surface area contributed by atoms with E-state index in [2.05, 4.69) is 15.6 Å². The number of anilines is 3. The van der Waals surface area contributed by atoms with Crippen LogP contribution in [0.15, 0.2) is 83.6 Å². The first-order valence-corrected chi connectivity index (χ1v) is 11.4. The number of rotatable bonds is 4. The zero-order valence-corrected chi connectivity index (χ0v) is 19.4. The van der Waals surface area contributed by atoms with Crippen molar-refractivity contribution < 1.29 is 18.7 Å². The Balaban J connectivity index is 1.27.